The summed E-state index contributed by atoms with van der Waals surface area (Å²) in [6.07, 6.45) is 2.36. The summed E-state index contributed by atoms with van der Waals surface area (Å²) in [5, 5.41) is 0. The lowest BCUT2D eigenvalue weighted by Crippen LogP contribution is -2.16. The van der Waals surface area contributed by atoms with Gasteiger partial charge in [0.2, 0.25) is 5.91 Å². The van der Waals surface area contributed by atoms with Gasteiger partial charge in [0.1, 0.15) is 6.61 Å². The Balaban J connectivity index is 0.000000411. The lowest BCUT2D eigenvalue weighted by atomic mass is 10.2. The van der Waals surface area contributed by atoms with Gasteiger partial charge in [-0.05, 0) is 12.0 Å². The molecular weight excluding hydrogens is 230 g/mol. The lowest BCUT2D eigenvalue weighted by molar-refractivity contribution is -0.121. The monoisotopic (exact) mass is 253 g/mol. The van der Waals surface area contributed by atoms with Crippen LogP contribution in [0, 0.1) is 0 Å². The van der Waals surface area contributed by atoms with Gasteiger partial charge in [-0.2, -0.15) is 0 Å². The third-order valence-electron chi connectivity index (χ3n) is 2.04. The van der Waals surface area contributed by atoms with Crippen LogP contribution >= 0.6 is 0 Å². The van der Waals surface area contributed by atoms with E-state index in [0.29, 0.717) is 0 Å². The second kappa shape index (κ2) is 12.1. The van der Waals surface area contributed by atoms with Crippen molar-refractivity contribution in [2.45, 2.75) is 26.4 Å². The minimum atomic E-state index is -0.433. The van der Waals surface area contributed by atoms with Crippen LogP contribution in [0.1, 0.15) is 25.3 Å². The number of unbranched alkanes of at least 4 members (excludes halogenated alkanes) is 1. The number of rotatable bonds is 7. The Kier molecular flexibility index (Phi) is 11.1. The summed E-state index contributed by atoms with van der Waals surface area (Å²) in [5.41, 5.74) is 5.90. The molecule has 1 rings (SSSR count). The Morgan fingerprint density at radius 3 is 2.39 bits per heavy atom. The van der Waals surface area contributed by atoms with Crippen LogP contribution in [0.2, 0.25) is 0 Å². The van der Waals surface area contributed by atoms with Crippen LogP contribution in [0.5, 0.6) is 0 Å². The van der Waals surface area contributed by atoms with E-state index in [-0.39, 0.29) is 6.61 Å². The molecule has 0 saturated heterocycles. The molecule has 0 unspecified atom stereocenters. The summed E-state index contributed by atoms with van der Waals surface area (Å²) in [5.74, 6) is -0.433. The molecule has 0 bridgehead atoms. The quantitative estimate of drug-likeness (QED) is 0.757. The number of methoxy groups -OCH3 is 1. The van der Waals surface area contributed by atoms with Crippen LogP contribution < -0.4 is 5.73 Å². The number of amides is 1. The zero-order chi connectivity index (χ0) is 13.6. The van der Waals surface area contributed by atoms with Gasteiger partial charge in [-0.3, -0.25) is 4.79 Å². The van der Waals surface area contributed by atoms with E-state index in [2.05, 4.69) is 29.5 Å². The predicted octanol–water partition coefficient (Wildman–Crippen LogP) is 2.12. The summed E-state index contributed by atoms with van der Waals surface area (Å²) in [7, 11) is 1.42. The first-order chi connectivity index (χ1) is 8.70. The predicted molar refractivity (Wildman–Crippen MR) is 72.1 cm³/mol. The summed E-state index contributed by atoms with van der Waals surface area (Å²) in [4.78, 5) is 9.70. The van der Waals surface area contributed by atoms with E-state index in [1.807, 2.05) is 18.2 Å². The first-order valence-corrected chi connectivity index (χ1v) is 6.09. The van der Waals surface area contributed by atoms with Gasteiger partial charge in [-0.25, -0.2) is 0 Å². The minimum Gasteiger partial charge on any atom is -0.377 e. The van der Waals surface area contributed by atoms with Crippen LogP contribution in [-0.2, 0) is 20.9 Å². The number of nitrogens with two attached hydrogens (primary N) is 1. The maximum Gasteiger partial charge on any atom is 0.243 e. The van der Waals surface area contributed by atoms with E-state index in [4.69, 9.17) is 4.74 Å². The minimum absolute atomic E-state index is 0.0139. The fraction of sp³-hybridized carbons (Fsp3) is 0.500. The average molecular weight is 253 g/mol. The van der Waals surface area contributed by atoms with E-state index < -0.39 is 5.91 Å². The number of carbonyl (C=O) groups is 1. The van der Waals surface area contributed by atoms with Crippen LogP contribution in [-0.4, -0.2) is 26.2 Å². The summed E-state index contributed by atoms with van der Waals surface area (Å²) in [6, 6.07) is 10.3. The maximum atomic E-state index is 9.70. The molecule has 0 spiro atoms. The summed E-state index contributed by atoms with van der Waals surface area (Å²) in [6.45, 7) is 3.82. The van der Waals surface area contributed by atoms with Gasteiger partial charge in [0, 0.05) is 13.7 Å². The van der Waals surface area contributed by atoms with Crippen molar-refractivity contribution in [1.29, 1.82) is 0 Å². The summed E-state index contributed by atoms with van der Waals surface area (Å²) >= 11 is 0. The number of primary amides is 1. The van der Waals surface area contributed by atoms with Crippen molar-refractivity contribution in [3.05, 3.63) is 35.9 Å². The molecule has 18 heavy (non-hydrogen) atoms. The SMILES string of the molecule is CCCCOCc1ccccc1.COCC(N)=O. The van der Waals surface area contributed by atoms with Gasteiger partial charge in [0.15, 0.2) is 0 Å². The van der Waals surface area contributed by atoms with Crippen molar-refractivity contribution in [2.24, 2.45) is 5.73 Å². The highest BCUT2D eigenvalue weighted by Crippen LogP contribution is 2.00. The van der Waals surface area contributed by atoms with Gasteiger partial charge in [0.25, 0.3) is 0 Å². The van der Waals surface area contributed by atoms with Crippen molar-refractivity contribution in [3.8, 4) is 0 Å². The van der Waals surface area contributed by atoms with E-state index in [1.54, 1.807) is 0 Å². The highest BCUT2D eigenvalue weighted by molar-refractivity contribution is 5.74. The van der Waals surface area contributed by atoms with Crippen LogP contribution in [0.15, 0.2) is 30.3 Å². The zero-order valence-electron chi connectivity index (χ0n) is 11.2. The van der Waals surface area contributed by atoms with Crippen molar-refractivity contribution in [1.82, 2.24) is 0 Å². The number of ether oxygens (including phenoxy) is 2. The molecule has 0 aliphatic heterocycles. The zero-order valence-corrected chi connectivity index (χ0v) is 11.2. The smallest absolute Gasteiger partial charge is 0.243 e. The van der Waals surface area contributed by atoms with Crippen molar-refractivity contribution < 1.29 is 14.3 Å². The second-order valence-electron chi connectivity index (χ2n) is 3.79. The lowest BCUT2D eigenvalue weighted by Gasteiger charge is -2.02. The molecule has 4 heteroatoms. The first-order valence-electron chi connectivity index (χ1n) is 6.09. The van der Waals surface area contributed by atoms with Gasteiger partial charge in [-0.1, -0.05) is 43.7 Å². The molecule has 4 nitrogen and oxygen atoms in total. The standard InChI is InChI=1S/C11H16O.C3H7NO2/c1-2-3-9-12-10-11-7-5-4-6-8-11;1-6-2-3(4)5/h4-8H,2-3,9-10H2,1H3;2H2,1H3,(H2,4,5). The molecule has 0 aliphatic carbocycles. The molecule has 0 heterocycles. The molecular formula is C14H23NO3. The van der Waals surface area contributed by atoms with Gasteiger partial charge in [-0.15, -0.1) is 0 Å². The number of hydrogen-bond acceptors (Lipinski definition) is 3. The Labute approximate surface area is 109 Å². The van der Waals surface area contributed by atoms with Gasteiger partial charge in [0.05, 0.1) is 6.61 Å². The maximum absolute atomic E-state index is 9.70. The molecule has 1 aromatic rings. The fourth-order valence-electron chi connectivity index (χ4n) is 1.15. The fourth-order valence-corrected chi connectivity index (χ4v) is 1.15. The van der Waals surface area contributed by atoms with E-state index in [1.165, 1.54) is 19.1 Å². The molecule has 0 saturated carbocycles. The van der Waals surface area contributed by atoms with E-state index >= 15 is 0 Å². The Bertz CT molecular complexity index is 301. The van der Waals surface area contributed by atoms with Crippen molar-refractivity contribution in [3.63, 3.8) is 0 Å². The highest BCUT2D eigenvalue weighted by Gasteiger charge is 1.89. The third kappa shape index (κ3) is 11.1. The highest BCUT2D eigenvalue weighted by atomic mass is 16.5. The molecule has 0 atom stereocenters. The van der Waals surface area contributed by atoms with Gasteiger partial charge < -0.3 is 15.2 Å². The molecule has 1 aromatic carbocycles. The van der Waals surface area contributed by atoms with E-state index in [0.717, 1.165) is 19.6 Å². The van der Waals surface area contributed by atoms with Crippen molar-refractivity contribution in [2.75, 3.05) is 20.3 Å². The number of hydrogen-bond donors (Lipinski definition) is 1. The first kappa shape index (κ1) is 16.6. The second-order valence-corrected chi connectivity index (χ2v) is 3.79. The molecule has 0 aromatic heterocycles. The Morgan fingerprint density at radius 2 is 1.94 bits per heavy atom. The molecule has 2 N–H and O–H groups in total. The van der Waals surface area contributed by atoms with Crippen LogP contribution in [0.4, 0.5) is 0 Å². The Morgan fingerprint density at radius 1 is 1.28 bits per heavy atom. The number of carbonyl (C=O) groups excluding carboxylic acids is 1. The van der Waals surface area contributed by atoms with Crippen molar-refractivity contribution >= 4 is 5.91 Å². The molecule has 102 valence electrons. The normalized spacial score (nSPS) is 9.44. The van der Waals surface area contributed by atoms with Gasteiger partial charge >= 0.3 is 0 Å². The topological polar surface area (TPSA) is 61.6 Å². The van der Waals surface area contributed by atoms with E-state index in [9.17, 15) is 4.79 Å². The molecule has 0 fully saturated rings. The molecule has 0 aliphatic rings. The largest absolute Gasteiger partial charge is 0.377 e. The van der Waals surface area contributed by atoms with Crippen LogP contribution in [0.3, 0.4) is 0 Å². The summed E-state index contributed by atoms with van der Waals surface area (Å²) < 4.78 is 9.79. The number of benzene rings is 1. The Hall–Kier alpha value is -1.39. The van der Waals surface area contributed by atoms with Crippen LogP contribution in [0.25, 0.3) is 0 Å². The molecule has 0 radical (unpaired) electrons. The third-order valence-corrected chi connectivity index (χ3v) is 2.04. The molecule has 1 amide bonds. The average Bonchev–Trinajstić information content (AvgIpc) is 2.37.